The summed E-state index contributed by atoms with van der Waals surface area (Å²) in [7, 11) is 0. The van der Waals surface area contributed by atoms with Crippen molar-refractivity contribution in [1.29, 1.82) is 0 Å². The van der Waals surface area contributed by atoms with Crippen LogP contribution in [-0.4, -0.2) is 35.8 Å². The molecule has 1 aliphatic rings. The fourth-order valence-electron chi connectivity index (χ4n) is 3.22. The van der Waals surface area contributed by atoms with Crippen LogP contribution < -0.4 is 16.2 Å². The number of hydrogen-bond acceptors (Lipinski definition) is 4. The van der Waals surface area contributed by atoms with E-state index in [4.69, 9.17) is 0 Å². The van der Waals surface area contributed by atoms with Crippen LogP contribution in [0.4, 0.5) is 4.39 Å². The molecule has 7 heteroatoms. The first-order valence-corrected chi connectivity index (χ1v) is 9.42. The fraction of sp³-hybridized carbons (Fsp3) is 0.333. The minimum atomic E-state index is -0.380. The molecular weight excluding hydrogens is 359 g/mol. The quantitative estimate of drug-likeness (QED) is 0.682. The summed E-state index contributed by atoms with van der Waals surface area (Å²) in [5, 5.41) is 2.77. The van der Waals surface area contributed by atoms with E-state index in [-0.39, 0.29) is 36.3 Å². The monoisotopic (exact) mass is 384 g/mol. The Labute approximate surface area is 164 Å². The van der Waals surface area contributed by atoms with Gasteiger partial charge in [-0.1, -0.05) is 42.5 Å². The maximum absolute atomic E-state index is 12.9. The maximum Gasteiger partial charge on any atom is 0.241 e. The van der Waals surface area contributed by atoms with Crippen LogP contribution >= 0.6 is 0 Å². The molecule has 1 aliphatic heterocycles. The van der Waals surface area contributed by atoms with Crippen LogP contribution in [0.15, 0.2) is 54.6 Å². The van der Waals surface area contributed by atoms with Crippen molar-refractivity contribution in [2.24, 2.45) is 0 Å². The number of benzene rings is 2. The van der Waals surface area contributed by atoms with Crippen LogP contribution in [0.2, 0.25) is 0 Å². The minimum Gasteiger partial charge on any atom is -0.350 e. The van der Waals surface area contributed by atoms with Crippen molar-refractivity contribution in [3.05, 3.63) is 71.5 Å². The number of likely N-dealkylation sites (N-methyl/N-ethyl adjacent to an activating group) is 1. The van der Waals surface area contributed by atoms with E-state index in [2.05, 4.69) is 16.2 Å². The molecule has 148 valence electrons. The molecule has 28 heavy (non-hydrogen) atoms. The van der Waals surface area contributed by atoms with E-state index in [9.17, 15) is 14.0 Å². The molecule has 2 unspecified atom stereocenters. The summed E-state index contributed by atoms with van der Waals surface area (Å²) < 4.78 is 12.9. The number of hydrogen-bond donors (Lipinski definition) is 3. The van der Waals surface area contributed by atoms with Crippen molar-refractivity contribution in [3.63, 3.8) is 0 Å². The maximum atomic E-state index is 12.9. The Morgan fingerprint density at radius 2 is 1.82 bits per heavy atom. The predicted molar refractivity (Wildman–Crippen MR) is 104 cm³/mol. The van der Waals surface area contributed by atoms with Gasteiger partial charge in [-0.25, -0.2) is 15.2 Å². The van der Waals surface area contributed by atoms with Gasteiger partial charge in [0.05, 0.1) is 6.54 Å². The van der Waals surface area contributed by atoms with Gasteiger partial charge in [0.2, 0.25) is 11.8 Å². The molecule has 2 amide bonds. The van der Waals surface area contributed by atoms with Gasteiger partial charge in [0.1, 0.15) is 11.9 Å². The summed E-state index contributed by atoms with van der Waals surface area (Å²) in [5.74, 6) is -0.667. The Morgan fingerprint density at radius 1 is 1.11 bits per heavy atom. The van der Waals surface area contributed by atoms with Crippen LogP contribution in [0.3, 0.4) is 0 Å². The predicted octanol–water partition coefficient (Wildman–Crippen LogP) is 1.90. The molecule has 6 nitrogen and oxygen atoms in total. The van der Waals surface area contributed by atoms with Gasteiger partial charge < -0.3 is 10.2 Å². The molecule has 1 fully saturated rings. The lowest BCUT2D eigenvalue weighted by molar-refractivity contribution is -0.137. The zero-order chi connectivity index (χ0) is 19.9. The van der Waals surface area contributed by atoms with E-state index in [1.165, 1.54) is 17.0 Å². The van der Waals surface area contributed by atoms with E-state index in [0.717, 1.165) is 11.1 Å². The topological polar surface area (TPSA) is 73.5 Å². The molecule has 0 radical (unpaired) electrons. The largest absolute Gasteiger partial charge is 0.350 e. The standard InChI is InChI=1S/C21H25FN4O2/c1-2-26(14-20(27)23-13-15-8-10-17(22)11-9-15)21(28)19-12-18(24-25-19)16-6-4-3-5-7-16/h3-11,18-19,24-25H,2,12-14H2,1H3,(H,23,27). The Kier molecular flexibility index (Phi) is 6.73. The Bertz CT molecular complexity index is 798. The molecule has 0 spiro atoms. The zero-order valence-corrected chi connectivity index (χ0v) is 15.8. The molecule has 1 saturated heterocycles. The van der Waals surface area contributed by atoms with Gasteiger partial charge in [0.25, 0.3) is 0 Å². The SMILES string of the molecule is CCN(CC(=O)NCc1ccc(F)cc1)C(=O)C1CC(c2ccccc2)NN1. The summed E-state index contributed by atoms with van der Waals surface area (Å²) in [4.78, 5) is 26.6. The molecule has 3 N–H and O–H groups in total. The van der Waals surface area contributed by atoms with Crippen LogP contribution in [0.25, 0.3) is 0 Å². The summed E-state index contributed by atoms with van der Waals surface area (Å²) in [6, 6.07) is 15.6. The number of amides is 2. The van der Waals surface area contributed by atoms with Gasteiger partial charge in [-0.3, -0.25) is 9.59 Å². The van der Waals surface area contributed by atoms with Crippen molar-refractivity contribution in [3.8, 4) is 0 Å². The highest BCUT2D eigenvalue weighted by Gasteiger charge is 2.32. The highest BCUT2D eigenvalue weighted by atomic mass is 19.1. The van der Waals surface area contributed by atoms with Gasteiger partial charge in [0.15, 0.2) is 0 Å². The molecule has 3 rings (SSSR count). The molecule has 0 saturated carbocycles. The zero-order valence-electron chi connectivity index (χ0n) is 15.8. The molecule has 2 aromatic rings. The number of carbonyl (C=O) groups is 2. The first-order chi connectivity index (χ1) is 13.6. The number of rotatable bonds is 7. The van der Waals surface area contributed by atoms with Gasteiger partial charge in [0, 0.05) is 19.1 Å². The van der Waals surface area contributed by atoms with Crippen LogP contribution in [0, 0.1) is 5.82 Å². The van der Waals surface area contributed by atoms with E-state index < -0.39 is 0 Å². The lowest BCUT2D eigenvalue weighted by atomic mass is 10.0. The second-order valence-corrected chi connectivity index (χ2v) is 6.80. The van der Waals surface area contributed by atoms with Crippen LogP contribution in [0.5, 0.6) is 0 Å². The van der Waals surface area contributed by atoms with Crippen molar-refractivity contribution >= 4 is 11.8 Å². The molecule has 2 aromatic carbocycles. The third-order valence-electron chi connectivity index (χ3n) is 4.83. The van der Waals surface area contributed by atoms with Crippen LogP contribution in [0.1, 0.15) is 30.5 Å². The number of hydrazine groups is 1. The highest BCUT2D eigenvalue weighted by molar-refractivity contribution is 5.87. The second-order valence-electron chi connectivity index (χ2n) is 6.80. The molecular formula is C21H25FN4O2. The Morgan fingerprint density at radius 3 is 2.50 bits per heavy atom. The number of halogens is 1. The lowest BCUT2D eigenvalue weighted by Crippen LogP contribution is -2.48. The summed E-state index contributed by atoms with van der Waals surface area (Å²) in [6.45, 7) is 2.58. The van der Waals surface area contributed by atoms with Crippen molar-refractivity contribution < 1.29 is 14.0 Å². The first kappa shape index (κ1) is 20.0. The third-order valence-corrected chi connectivity index (χ3v) is 4.83. The first-order valence-electron chi connectivity index (χ1n) is 9.42. The number of nitrogens with zero attached hydrogens (tertiary/aromatic N) is 1. The van der Waals surface area contributed by atoms with Gasteiger partial charge in [-0.05, 0) is 36.6 Å². The number of nitrogens with one attached hydrogen (secondary N) is 3. The molecule has 0 aromatic heterocycles. The average Bonchev–Trinajstić information content (AvgIpc) is 3.22. The van der Waals surface area contributed by atoms with Gasteiger partial charge in [-0.15, -0.1) is 0 Å². The smallest absolute Gasteiger partial charge is 0.241 e. The molecule has 2 atom stereocenters. The van der Waals surface area contributed by atoms with Crippen molar-refractivity contribution in [1.82, 2.24) is 21.1 Å². The Balaban J connectivity index is 1.50. The normalized spacial score (nSPS) is 18.6. The van der Waals surface area contributed by atoms with Gasteiger partial charge >= 0.3 is 0 Å². The Hall–Kier alpha value is -2.77. The highest BCUT2D eigenvalue weighted by Crippen LogP contribution is 2.22. The van der Waals surface area contributed by atoms with Crippen molar-refractivity contribution in [2.75, 3.05) is 13.1 Å². The minimum absolute atomic E-state index is 0.00921. The van der Waals surface area contributed by atoms with Crippen LogP contribution in [-0.2, 0) is 16.1 Å². The number of carbonyl (C=O) groups excluding carboxylic acids is 2. The van der Waals surface area contributed by atoms with E-state index in [1.807, 2.05) is 37.3 Å². The lowest BCUT2D eigenvalue weighted by Gasteiger charge is -2.23. The third kappa shape index (κ3) is 5.15. The molecule has 0 bridgehead atoms. The summed E-state index contributed by atoms with van der Waals surface area (Å²) >= 11 is 0. The fourth-order valence-corrected chi connectivity index (χ4v) is 3.22. The van der Waals surface area contributed by atoms with E-state index >= 15 is 0 Å². The average molecular weight is 384 g/mol. The summed E-state index contributed by atoms with van der Waals surface area (Å²) in [5.41, 5.74) is 8.12. The second kappa shape index (κ2) is 9.43. The molecule has 1 heterocycles. The van der Waals surface area contributed by atoms with E-state index in [0.29, 0.717) is 19.5 Å². The molecule has 0 aliphatic carbocycles. The van der Waals surface area contributed by atoms with E-state index in [1.54, 1.807) is 12.1 Å². The van der Waals surface area contributed by atoms with Crippen molar-refractivity contribution in [2.45, 2.75) is 32.0 Å². The van der Waals surface area contributed by atoms with Gasteiger partial charge in [-0.2, -0.15) is 0 Å². The summed E-state index contributed by atoms with van der Waals surface area (Å²) in [6.07, 6.45) is 0.622.